The Balaban J connectivity index is 1.61. The van der Waals surface area contributed by atoms with E-state index in [1.54, 1.807) is 31.4 Å². The van der Waals surface area contributed by atoms with Gasteiger partial charge in [0, 0.05) is 24.0 Å². The summed E-state index contributed by atoms with van der Waals surface area (Å²) in [6.45, 7) is 3.76. The Kier molecular flexibility index (Phi) is 5.45. The second-order valence-electron chi connectivity index (χ2n) is 6.58. The molecule has 0 saturated carbocycles. The molecule has 2 aromatic carbocycles. The minimum Gasteiger partial charge on any atom is -0.497 e. The molecule has 1 saturated heterocycles. The summed E-state index contributed by atoms with van der Waals surface area (Å²) in [5.41, 5.74) is 1.35. The van der Waals surface area contributed by atoms with Crippen LogP contribution in [0.15, 0.2) is 48.5 Å². The first-order valence-electron chi connectivity index (χ1n) is 9.24. The van der Waals surface area contributed by atoms with Gasteiger partial charge in [0.05, 0.1) is 32.4 Å². The molecule has 1 aliphatic heterocycles. The third-order valence-electron chi connectivity index (χ3n) is 4.70. The van der Waals surface area contributed by atoms with Gasteiger partial charge in [0.2, 0.25) is 0 Å². The Bertz CT molecular complexity index is 969. The second kappa shape index (κ2) is 8.33. The van der Waals surface area contributed by atoms with Crippen molar-refractivity contribution in [3.8, 4) is 5.75 Å². The van der Waals surface area contributed by atoms with E-state index in [1.165, 1.54) is 0 Å². The summed E-state index contributed by atoms with van der Waals surface area (Å²) in [5, 5.41) is 3.76. The number of rotatable bonds is 5. The van der Waals surface area contributed by atoms with Crippen molar-refractivity contribution in [2.75, 3.05) is 38.7 Å². The van der Waals surface area contributed by atoms with Gasteiger partial charge in [0.1, 0.15) is 17.4 Å². The number of ether oxygens (including phenoxy) is 2. The molecule has 3 aromatic rings. The van der Waals surface area contributed by atoms with Crippen LogP contribution in [-0.2, 0) is 11.3 Å². The standard InChI is InChI=1S/C21H22N4O3/c1-27-16-8-6-15(7-9-16)21(26)24-20-17-4-2-3-5-18(17)22-19(23-20)14-25-10-12-28-13-11-25/h2-9H,10-14H2,1H3,(H,22,23,24,26). The lowest BCUT2D eigenvalue weighted by Crippen LogP contribution is -2.36. The molecule has 0 aliphatic carbocycles. The Hall–Kier alpha value is -3.03. The predicted molar refractivity (Wildman–Crippen MR) is 107 cm³/mol. The van der Waals surface area contributed by atoms with Crippen LogP contribution in [0.2, 0.25) is 0 Å². The zero-order chi connectivity index (χ0) is 19.3. The van der Waals surface area contributed by atoms with Gasteiger partial charge in [-0.1, -0.05) is 12.1 Å². The van der Waals surface area contributed by atoms with Gasteiger partial charge in [-0.25, -0.2) is 9.97 Å². The first-order chi connectivity index (χ1) is 13.7. The fourth-order valence-electron chi connectivity index (χ4n) is 3.17. The molecular formula is C21H22N4O3. The minimum absolute atomic E-state index is 0.219. The molecule has 7 heteroatoms. The normalized spacial score (nSPS) is 14.8. The van der Waals surface area contributed by atoms with E-state index in [4.69, 9.17) is 9.47 Å². The maximum atomic E-state index is 12.7. The number of benzene rings is 2. The van der Waals surface area contributed by atoms with Crippen LogP contribution in [0, 0.1) is 0 Å². The van der Waals surface area contributed by atoms with Crippen LogP contribution in [0.3, 0.4) is 0 Å². The van der Waals surface area contributed by atoms with Gasteiger partial charge in [-0.3, -0.25) is 9.69 Å². The molecule has 0 radical (unpaired) electrons. The zero-order valence-electron chi connectivity index (χ0n) is 15.7. The number of hydrogen-bond acceptors (Lipinski definition) is 6. The molecule has 4 rings (SSSR count). The van der Waals surface area contributed by atoms with E-state index < -0.39 is 0 Å². The van der Waals surface area contributed by atoms with Crippen molar-refractivity contribution in [2.24, 2.45) is 0 Å². The topological polar surface area (TPSA) is 76.6 Å². The van der Waals surface area contributed by atoms with E-state index in [0.717, 1.165) is 24.0 Å². The summed E-state index contributed by atoms with van der Waals surface area (Å²) in [7, 11) is 1.60. The zero-order valence-corrected chi connectivity index (χ0v) is 15.7. The Morgan fingerprint density at radius 2 is 1.86 bits per heavy atom. The van der Waals surface area contributed by atoms with Gasteiger partial charge in [-0.2, -0.15) is 0 Å². The summed E-state index contributed by atoms with van der Waals surface area (Å²) in [4.78, 5) is 24.3. The number of hydrogen-bond donors (Lipinski definition) is 1. The highest BCUT2D eigenvalue weighted by Gasteiger charge is 2.16. The first kappa shape index (κ1) is 18.3. The Morgan fingerprint density at radius 3 is 2.61 bits per heavy atom. The van der Waals surface area contributed by atoms with Crippen molar-refractivity contribution in [3.63, 3.8) is 0 Å². The first-order valence-corrected chi connectivity index (χ1v) is 9.24. The number of fused-ring (bicyclic) bond motifs is 1. The van der Waals surface area contributed by atoms with Gasteiger partial charge < -0.3 is 14.8 Å². The van der Waals surface area contributed by atoms with Crippen LogP contribution in [0.5, 0.6) is 5.75 Å². The van der Waals surface area contributed by atoms with Crippen molar-refractivity contribution in [1.29, 1.82) is 0 Å². The maximum absolute atomic E-state index is 12.7. The van der Waals surface area contributed by atoms with Crippen molar-refractivity contribution in [1.82, 2.24) is 14.9 Å². The molecule has 1 amide bonds. The number of anilines is 1. The van der Waals surface area contributed by atoms with E-state index >= 15 is 0 Å². The molecule has 0 spiro atoms. The summed E-state index contributed by atoms with van der Waals surface area (Å²) >= 11 is 0. The summed E-state index contributed by atoms with van der Waals surface area (Å²) in [6, 6.07) is 14.7. The number of amides is 1. The van der Waals surface area contributed by atoms with Crippen LogP contribution in [0.4, 0.5) is 5.82 Å². The number of carbonyl (C=O) groups excluding carboxylic acids is 1. The van der Waals surface area contributed by atoms with Crippen molar-refractivity contribution >= 4 is 22.6 Å². The molecule has 1 fully saturated rings. The largest absolute Gasteiger partial charge is 0.497 e. The fourth-order valence-corrected chi connectivity index (χ4v) is 3.17. The molecule has 0 unspecified atom stereocenters. The van der Waals surface area contributed by atoms with Gasteiger partial charge in [0.15, 0.2) is 0 Å². The third kappa shape index (κ3) is 4.11. The number of para-hydroxylation sites is 1. The minimum atomic E-state index is -0.219. The molecular weight excluding hydrogens is 356 g/mol. The Morgan fingerprint density at radius 1 is 1.11 bits per heavy atom. The highest BCUT2D eigenvalue weighted by Crippen LogP contribution is 2.22. The fraction of sp³-hybridized carbons (Fsp3) is 0.286. The predicted octanol–water partition coefficient (Wildman–Crippen LogP) is 2.72. The lowest BCUT2D eigenvalue weighted by Gasteiger charge is -2.26. The van der Waals surface area contributed by atoms with E-state index in [1.807, 2.05) is 24.3 Å². The van der Waals surface area contributed by atoms with Crippen LogP contribution in [0.25, 0.3) is 10.9 Å². The number of nitrogens with zero attached hydrogens (tertiary/aromatic N) is 3. The SMILES string of the molecule is COc1ccc(C(=O)Nc2nc(CN3CCOCC3)nc3ccccc23)cc1. The van der Waals surface area contributed by atoms with E-state index in [0.29, 0.717) is 42.7 Å². The van der Waals surface area contributed by atoms with Gasteiger partial charge >= 0.3 is 0 Å². The molecule has 1 N–H and O–H groups in total. The average Bonchev–Trinajstić information content (AvgIpc) is 2.74. The molecule has 1 aromatic heterocycles. The summed E-state index contributed by atoms with van der Waals surface area (Å²) in [5.74, 6) is 1.70. The molecule has 0 atom stereocenters. The summed E-state index contributed by atoms with van der Waals surface area (Å²) in [6.07, 6.45) is 0. The maximum Gasteiger partial charge on any atom is 0.256 e. The van der Waals surface area contributed by atoms with E-state index in [2.05, 4.69) is 20.2 Å². The van der Waals surface area contributed by atoms with Crippen molar-refractivity contribution in [3.05, 3.63) is 59.9 Å². The van der Waals surface area contributed by atoms with E-state index in [9.17, 15) is 4.79 Å². The van der Waals surface area contributed by atoms with Gasteiger partial charge in [0.25, 0.3) is 5.91 Å². The molecule has 28 heavy (non-hydrogen) atoms. The quantitative estimate of drug-likeness (QED) is 0.736. The van der Waals surface area contributed by atoms with Crippen LogP contribution < -0.4 is 10.1 Å². The molecule has 2 heterocycles. The molecule has 7 nitrogen and oxygen atoms in total. The lowest BCUT2D eigenvalue weighted by molar-refractivity contribution is 0.0331. The lowest BCUT2D eigenvalue weighted by atomic mass is 10.2. The van der Waals surface area contributed by atoms with Crippen LogP contribution in [0.1, 0.15) is 16.2 Å². The summed E-state index contributed by atoms with van der Waals surface area (Å²) < 4.78 is 10.5. The van der Waals surface area contributed by atoms with Crippen molar-refractivity contribution < 1.29 is 14.3 Å². The molecule has 144 valence electrons. The second-order valence-corrected chi connectivity index (χ2v) is 6.58. The average molecular weight is 378 g/mol. The molecule has 1 aliphatic rings. The van der Waals surface area contributed by atoms with Crippen molar-refractivity contribution in [2.45, 2.75) is 6.54 Å². The number of aromatic nitrogens is 2. The highest BCUT2D eigenvalue weighted by atomic mass is 16.5. The highest BCUT2D eigenvalue weighted by molar-refractivity contribution is 6.07. The number of morpholine rings is 1. The van der Waals surface area contributed by atoms with Gasteiger partial charge in [-0.05, 0) is 36.4 Å². The van der Waals surface area contributed by atoms with Crippen LogP contribution in [-0.4, -0.2) is 54.2 Å². The third-order valence-corrected chi connectivity index (χ3v) is 4.70. The number of methoxy groups -OCH3 is 1. The smallest absolute Gasteiger partial charge is 0.256 e. The molecule has 0 bridgehead atoms. The van der Waals surface area contributed by atoms with Crippen LogP contribution >= 0.6 is 0 Å². The number of nitrogens with one attached hydrogen (secondary N) is 1. The van der Waals surface area contributed by atoms with E-state index in [-0.39, 0.29) is 5.91 Å². The Labute approximate surface area is 163 Å². The number of carbonyl (C=O) groups is 1. The monoisotopic (exact) mass is 378 g/mol. The van der Waals surface area contributed by atoms with Gasteiger partial charge in [-0.15, -0.1) is 0 Å².